The summed E-state index contributed by atoms with van der Waals surface area (Å²) >= 11 is 1.90. The van der Waals surface area contributed by atoms with Gasteiger partial charge >= 0.3 is 0 Å². The molecule has 10 rings (SSSR count). The van der Waals surface area contributed by atoms with Crippen LogP contribution in [0.2, 0.25) is 0 Å². The highest BCUT2D eigenvalue weighted by molar-refractivity contribution is 7.26. The summed E-state index contributed by atoms with van der Waals surface area (Å²) in [6.45, 7) is 0. The lowest BCUT2D eigenvalue weighted by atomic mass is 9.84. The number of ether oxygens (including phenoxy) is 1. The van der Waals surface area contributed by atoms with Gasteiger partial charge in [0.25, 0.3) is 0 Å². The highest BCUT2D eigenvalue weighted by Crippen LogP contribution is 2.46. The van der Waals surface area contributed by atoms with E-state index in [9.17, 15) is 0 Å². The third kappa shape index (κ3) is 3.68. The monoisotopic (exact) mass is 593 g/mol. The number of benzene rings is 6. The van der Waals surface area contributed by atoms with Crippen molar-refractivity contribution in [3.63, 3.8) is 0 Å². The molecule has 6 aromatic carbocycles. The maximum Gasteiger partial charge on any atom is 0.135 e. The fourth-order valence-corrected chi connectivity index (χ4v) is 8.75. The molecule has 0 saturated heterocycles. The fraction of sp³-hybridized carbons (Fsp3) is 0.0476. The number of hydrogen-bond acceptors (Lipinski definition) is 2. The number of aromatic nitrogens is 1. The van der Waals surface area contributed by atoms with Gasteiger partial charge in [-0.1, -0.05) is 115 Å². The molecule has 3 heterocycles. The molecule has 3 heteroatoms. The Bertz CT molecular complexity index is 2510. The van der Waals surface area contributed by atoms with Gasteiger partial charge in [-0.2, -0.15) is 0 Å². The predicted molar refractivity (Wildman–Crippen MR) is 190 cm³/mol. The Kier molecular flexibility index (Phi) is 5.31. The van der Waals surface area contributed by atoms with Crippen molar-refractivity contribution in [1.82, 2.24) is 4.57 Å². The lowest BCUT2D eigenvalue weighted by Gasteiger charge is -2.24. The van der Waals surface area contributed by atoms with Crippen molar-refractivity contribution < 1.29 is 4.74 Å². The average Bonchev–Trinajstić information content (AvgIpc) is 3.78. The highest BCUT2D eigenvalue weighted by Gasteiger charge is 2.35. The van der Waals surface area contributed by atoms with Crippen LogP contribution in [0.15, 0.2) is 152 Å². The van der Waals surface area contributed by atoms with Gasteiger partial charge in [-0.3, -0.25) is 0 Å². The van der Waals surface area contributed by atoms with Crippen LogP contribution in [0.4, 0.5) is 0 Å². The summed E-state index contributed by atoms with van der Waals surface area (Å²) in [6.07, 6.45) is 6.67. The van der Waals surface area contributed by atoms with Gasteiger partial charge < -0.3 is 9.30 Å². The molecule has 0 radical (unpaired) electrons. The topological polar surface area (TPSA) is 14.2 Å². The van der Waals surface area contributed by atoms with Crippen LogP contribution in [0.3, 0.4) is 0 Å². The molecule has 0 spiro atoms. The molecule has 2 aromatic heterocycles. The smallest absolute Gasteiger partial charge is 0.135 e. The normalized spacial score (nSPS) is 17.1. The first-order valence-electron chi connectivity index (χ1n) is 15.5. The van der Waals surface area contributed by atoms with Crippen LogP contribution < -0.4 is 4.74 Å². The largest absolute Gasteiger partial charge is 0.484 e. The SMILES string of the molecule is C1=CC(c2ccc(-n3c4cc(-c5ccccc5)ccc4c4c5sc6ccccc6c5ccc43)cc2)C2Oc3ccccc3C2=C1. The lowest BCUT2D eigenvalue weighted by molar-refractivity contribution is 0.258. The number of para-hydroxylation sites is 1. The maximum atomic E-state index is 6.49. The summed E-state index contributed by atoms with van der Waals surface area (Å²) in [5.74, 6) is 1.14. The number of hydrogen-bond donors (Lipinski definition) is 0. The molecule has 1 aliphatic carbocycles. The molecule has 212 valence electrons. The van der Waals surface area contributed by atoms with E-state index >= 15 is 0 Å². The van der Waals surface area contributed by atoms with Gasteiger partial charge in [0.1, 0.15) is 11.9 Å². The Labute approximate surface area is 264 Å². The zero-order valence-corrected chi connectivity index (χ0v) is 25.2. The summed E-state index contributed by atoms with van der Waals surface area (Å²) < 4.78 is 11.6. The average molecular weight is 594 g/mol. The summed E-state index contributed by atoms with van der Waals surface area (Å²) in [7, 11) is 0. The zero-order chi connectivity index (χ0) is 29.5. The molecule has 0 amide bonds. The van der Waals surface area contributed by atoms with E-state index in [4.69, 9.17) is 4.74 Å². The van der Waals surface area contributed by atoms with Crippen LogP contribution >= 0.6 is 11.3 Å². The van der Waals surface area contributed by atoms with Gasteiger partial charge in [0.15, 0.2) is 0 Å². The van der Waals surface area contributed by atoms with Crippen molar-refractivity contribution in [1.29, 1.82) is 0 Å². The van der Waals surface area contributed by atoms with Crippen molar-refractivity contribution in [2.75, 3.05) is 0 Å². The molecule has 0 N–H and O–H groups in total. The molecule has 8 aromatic rings. The van der Waals surface area contributed by atoms with E-state index in [1.165, 1.54) is 69.8 Å². The van der Waals surface area contributed by atoms with Crippen LogP contribution in [0.5, 0.6) is 5.75 Å². The Balaban J connectivity index is 1.15. The van der Waals surface area contributed by atoms with Crippen molar-refractivity contribution >= 4 is 58.9 Å². The fourth-order valence-electron chi connectivity index (χ4n) is 7.50. The van der Waals surface area contributed by atoms with E-state index in [2.05, 4.69) is 156 Å². The first-order chi connectivity index (χ1) is 22.3. The number of rotatable bonds is 3. The second kappa shape index (κ2) is 9.56. The van der Waals surface area contributed by atoms with Crippen LogP contribution in [-0.2, 0) is 0 Å². The molecule has 2 nitrogen and oxygen atoms in total. The van der Waals surface area contributed by atoms with Crippen molar-refractivity contribution in [2.24, 2.45) is 0 Å². The van der Waals surface area contributed by atoms with Gasteiger partial charge in [-0.15, -0.1) is 11.3 Å². The van der Waals surface area contributed by atoms with Crippen LogP contribution in [0.25, 0.3) is 64.4 Å². The van der Waals surface area contributed by atoms with Crippen LogP contribution in [-0.4, -0.2) is 10.7 Å². The van der Waals surface area contributed by atoms with E-state index in [1.54, 1.807) is 0 Å². The van der Waals surface area contributed by atoms with E-state index in [0.29, 0.717) is 0 Å². The molecule has 2 atom stereocenters. The molecule has 2 unspecified atom stereocenters. The quantitative estimate of drug-likeness (QED) is 0.199. The van der Waals surface area contributed by atoms with Gasteiger partial charge in [0, 0.05) is 53.7 Å². The van der Waals surface area contributed by atoms with Crippen LogP contribution in [0, 0.1) is 0 Å². The van der Waals surface area contributed by atoms with E-state index < -0.39 is 0 Å². The lowest BCUT2D eigenvalue weighted by Crippen LogP contribution is -2.22. The molecule has 45 heavy (non-hydrogen) atoms. The van der Waals surface area contributed by atoms with E-state index in [0.717, 1.165) is 11.4 Å². The second-order valence-corrected chi connectivity index (χ2v) is 13.1. The van der Waals surface area contributed by atoms with Gasteiger partial charge in [-0.05, 0) is 53.1 Å². The first kappa shape index (κ1) is 25.0. The Hall–Kier alpha value is -5.38. The standard InChI is InChI=1S/C42H27NOS/c1-2-9-26(10-3-1)28-19-22-35-37(25-28)43(36-24-23-34-32-12-5-7-16-39(32)45-42(34)40(35)36)29-20-17-27(18-21-29)30-13-8-14-33-31-11-4-6-15-38(31)44-41(30)33/h1-25,30,41H. The zero-order valence-electron chi connectivity index (χ0n) is 24.4. The van der Waals surface area contributed by atoms with E-state index in [1.807, 2.05) is 11.3 Å². The number of fused-ring (bicyclic) bond motifs is 10. The Morgan fingerprint density at radius 1 is 0.622 bits per heavy atom. The van der Waals surface area contributed by atoms with Crippen molar-refractivity contribution in [3.8, 4) is 22.6 Å². The Morgan fingerprint density at radius 2 is 1.42 bits per heavy atom. The molecule has 0 saturated carbocycles. The van der Waals surface area contributed by atoms with Gasteiger partial charge in [-0.25, -0.2) is 0 Å². The molecule has 0 fully saturated rings. The minimum atomic E-state index is 0.00108. The third-order valence-electron chi connectivity index (χ3n) is 9.60. The molecule has 1 aliphatic heterocycles. The maximum absolute atomic E-state index is 6.49. The minimum absolute atomic E-state index is 0.00108. The number of thiophene rings is 1. The number of allylic oxidation sites excluding steroid dienone is 2. The molecule has 2 aliphatic rings. The predicted octanol–water partition coefficient (Wildman–Crippen LogP) is 11.3. The number of nitrogens with zero attached hydrogens (tertiary/aromatic N) is 1. The van der Waals surface area contributed by atoms with Crippen LogP contribution in [0.1, 0.15) is 17.0 Å². The molecule has 0 bridgehead atoms. The first-order valence-corrected chi connectivity index (χ1v) is 16.3. The minimum Gasteiger partial charge on any atom is -0.484 e. The van der Waals surface area contributed by atoms with Crippen molar-refractivity contribution in [3.05, 3.63) is 163 Å². The summed E-state index contributed by atoms with van der Waals surface area (Å²) in [5.41, 5.74) is 9.81. The third-order valence-corrected chi connectivity index (χ3v) is 10.8. The van der Waals surface area contributed by atoms with Crippen molar-refractivity contribution in [2.45, 2.75) is 12.0 Å². The highest BCUT2D eigenvalue weighted by atomic mass is 32.1. The molecular formula is C42H27NOS. The van der Waals surface area contributed by atoms with E-state index in [-0.39, 0.29) is 12.0 Å². The summed E-state index contributed by atoms with van der Waals surface area (Å²) in [6, 6.07) is 48.6. The second-order valence-electron chi connectivity index (χ2n) is 12.0. The van der Waals surface area contributed by atoms with Gasteiger partial charge in [0.05, 0.1) is 11.0 Å². The summed E-state index contributed by atoms with van der Waals surface area (Å²) in [4.78, 5) is 0. The van der Waals surface area contributed by atoms with Gasteiger partial charge in [0.2, 0.25) is 0 Å². The summed E-state index contributed by atoms with van der Waals surface area (Å²) in [5, 5.41) is 5.27. The molecular weight excluding hydrogens is 567 g/mol. The Morgan fingerprint density at radius 3 is 2.33 bits per heavy atom.